The van der Waals surface area contributed by atoms with Gasteiger partial charge in [0.1, 0.15) is 0 Å². The van der Waals surface area contributed by atoms with Crippen molar-refractivity contribution in [2.45, 2.75) is 37.9 Å². The van der Waals surface area contributed by atoms with Crippen LogP contribution in [-0.2, 0) is 29.7 Å². The van der Waals surface area contributed by atoms with Crippen LogP contribution in [0.1, 0.15) is 22.8 Å². The molecule has 1 aliphatic heterocycles. The Bertz CT molecular complexity index is 999. The molecule has 3 heterocycles. The van der Waals surface area contributed by atoms with E-state index in [2.05, 4.69) is 20.1 Å². The van der Waals surface area contributed by atoms with E-state index >= 15 is 0 Å². The molecule has 0 spiro atoms. The summed E-state index contributed by atoms with van der Waals surface area (Å²) in [6.45, 7) is 4.69. The molecule has 132 valence electrons. The number of nitrogens with one attached hydrogen (secondary N) is 2. The molecular formula is C16H19N5O2S2. The second-order valence-corrected chi connectivity index (χ2v) is 9.07. The summed E-state index contributed by atoms with van der Waals surface area (Å²) in [5.74, 6) is 0. The van der Waals surface area contributed by atoms with Gasteiger partial charge in [-0.1, -0.05) is 0 Å². The average molecular weight is 377 g/mol. The first-order chi connectivity index (χ1) is 12.0. The molecule has 2 N–H and O–H groups in total. The molecule has 0 bridgehead atoms. The number of rotatable bonds is 4. The van der Waals surface area contributed by atoms with Crippen molar-refractivity contribution in [1.82, 2.24) is 24.8 Å². The van der Waals surface area contributed by atoms with E-state index in [0.717, 1.165) is 52.7 Å². The zero-order valence-corrected chi connectivity index (χ0v) is 15.5. The van der Waals surface area contributed by atoms with E-state index in [1.165, 1.54) is 11.3 Å². The average Bonchev–Trinajstić information content (AvgIpc) is 3.07. The van der Waals surface area contributed by atoms with Crippen LogP contribution >= 0.6 is 11.3 Å². The summed E-state index contributed by atoms with van der Waals surface area (Å²) >= 11 is 1.49. The van der Waals surface area contributed by atoms with E-state index in [-0.39, 0.29) is 11.4 Å². The van der Waals surface area contributed by atoms with Gasteiger partial charge in [-0.3, -0.25) is 4.68 Å². The van der Waals surface area contributed by atoms with E-state index in [1.54, 1.807) is 18.2 Å². The maximum Gasteiger partial charge on any atom is 0.240 e. The van der Waals surface area contributed by atoms with Crippen molar-refractivity contribution < 1.29 is 8.42 Å². The molecule has 3 aromatic rings. The number of hydrogen-bond donors (Lipinski definition) is 2. The highest BCUT2D eigenvalue weighted by atomic mass is 32.2. The van der Waals surface area contributed by atoms with E-state index in [1.807, 2.05) is 17.7 Å². The monoisotopic (exact) mass is 377 g/mol. The Morgan fingerprint density at radius 2 is 2.24 bits per heavy atom. The minimum atomic E-state index is -3.59. The van der Waals surface area contributed by atoms with Crippen LogP contribution in [0, 0.1) is 6.92 Å². The Morgan fingerprint density at radius 1 is 1.36 bits per heavy atom. The van der Waals surface area contributed by atoms with Gasteiger partial charge in [-0.25, -0.2) is 18.1 Å². The summed E-state index contributed by atoms with van der Waals surface area (Å²) in [4.78, 5) is 4.61. The molecule has 0 radical (unpaired) electrons. The topological polar surface area (TPSA) is 88.9 Å². The molecule has 0 unspecified atom stereocenters. The first-order valence-corrected chi connectivity index (χ1v) is 10.4. The third-order valence-corrected chi connectivity index (χ3v) is 6.50. The lowest BCUT2D eigenvalue weighted by Crippen LogP contribution is -2.23. The summed E-state index contributed by atoms with van der Waals surface area (Å²) < 4.78 is 30.6. The van der Waals surface area contributed by atoms with E-state index in [4.69, 9.17) is 0 Å². The van der Waals surface area contributed by atoms with E-state index in [9.17, 15) is 8.42 Å². The minimum Gasteiger partial charge on any atom is -0.311 e. The largest absolute Gasteiger partial charge is 0.311 e. The van der Waals surface area contributed by atoms with Crippen molar-refractivity contribution >= 4 is 31.6 Å². The van der Waals surface area contributed by atoms with Crippen LogP contribution < -0.4 is 10.0 Å². The zero-order chi connectivity index (χ0) is 17.4. The summed E-state index contributed by atoms with van der Waals surface area (Å²) in [6.07, 6.45) is 1.02. The number of aromatic nitrogens is 3. The first-order valence-electron chi connectivity index (χ1n) is 8.14. The lowest BCUT2D eigenvalue weighted by Gasteiger charge is -2.05. The molecule has 7 nitrogen and oxygen atoms in total. The third kappa shape index (κ3) is 3.45. The maximum atomic E-state index is 12.6. The van der Waals surface area contributed by atoms with Crippen LogP contribution in [0.5, 0.6) is 0 Å². The van der Waals surface area contributed by atoms with Crippen LogP contribution in [0.3, 0.4) is 0 Å². The van der Waals surface area contributed by atoms with Crippen molar-refractivity contribution in [2.24, 2.45) is 0 Å². The summed E-state index contributed by atoms with van der Waals surface area (Å²) in [5.41, 5.74) is 2.65. The molecule has 1 aromatic carbocycles. The van der Waals surface area contributed by atoms with Crippen LogP contribution in [0.4, 0.5) is 0 Å². The molecule has 0 saturated heterocycles. The predicted molar refractivity (Wildman–Crippen MR) is 96.9 cm³/mol. The number of hydrogen-bond acceptors (Lipinski definition) is 6. The molecule has 0 aliphatic carbocycles. The van der Waals surface area contributed by atoms with Crippen LogP contribution in [-0.4, -0.2) is 29.7 Å². The van der Waals surface area contributed by atoms with Gasteiger partial charge < -0.3 is 5.32 Å². The summed E-state index contributed by atoms with van der Waals surface area (Å²) in [7, 11) is -3.59. The number of benzene rings is 1. The van der Waals surface area contributed by atoms with Crippen LogP contribution in [0.25, 0.3) is 10.2 Å². The van der Waals surface area contributed by atoms with Gasteiger partial charge in [-0.2, -0.15) is 5.10 Å². The summed E-state index contributed by atoms with van der Waals surface area (Å²) in [5, 5.41) is 8.75. The predicted octanol–water partition coefficient (Wildman–Crippen LogP) is 1.77. The Hall–Kier alpha value is -1.81. The quantitative estimate of drug-likeness (QED) is 0.723. The van der Waals surface area contributed by atoms with E-state index in [0.29, 0.717) is 0 Å². The molecule has 0 amide bonds. The standard InChI is InChI=1S/C16H19N5O2S2/c1-11-19-15-4-3-14(8-16(15)24-11)25(22,23)18-9-12-7-13-10-17-5-2-6-21(13)20-12/h3-4,7-8,17-18H,2,5-6,9-10H2,1H3. The molecule has 0 atom stereocenters. The zero-order valence-electron chi connectivity index (χ0n) is 13.8. The number of aryl methyl sites for hydroxylation is 2. The number of sulfonamides is 1. The maximum absolute atomic E-state index is 12.6. The fraction of sp³-hybridized carbons (Fsp3) is 0.375. The molecule has 25 heavy (non-hydrogen) atoms. The Morgan fingerprint density at radius 3 is 3.12 bits per heavy atom. The van der Waals surface area contributed by atoms with Crippen molar-refractivity contribution in [1.29, 1.82) is 0 Å². The molecule has 1 aliphatic rings. The van der Waals surface area contributed by atoms with Crippen molar-refractivity contribution in [3.63, 3.8) is 0 Å². The second kappa shape index (κ2) is 6.49. The molecular weight excluding hydrogens is 358 g/mol. The smallest absolute Gasteiger partial charge is 0.240 e. The highest BCUT2D eigenvalue weighted by Gasteiger charge is 2.17. The van der Waals surface area contributed by atoms with Crippen LogP contribution in [0.2, 0.25) is 0 Å². The van der Waals surface area contributed by atoms with Gasteiger partial charge in [0.2, 0.25) is 10.0 Å². The highest BCUT2D eigenvalue weighted by molar-refractivity contribution is 7.89. The van der Waals surface area contributed by atoms with Gasteiger partial charge in [0.25, 0.3) is 0 Å². The number of fused-ring (bicyclic) bond motifs is 2. The van der Waals surface area contributed by atoms with Crippen molar-refractivity contribution in [2.75, 3.05) is 6.54 Å². The van der Waals surface area contributed by atoms with E-state index < -0.39 is 10.0 Å². The number of nitrogens with zero attached hydrogens (tertiary/aromatic N) is 3. The lowest BCUT2D eigenvalue weighted by molar-refractivity contribution is 0.568. The van der Waals surface area contributed by atoms with Gasteiger partial charge in [-0.15, -0.1) is 11.3 Å². The van der Waals surface area contributed by atoms with Gasteiger partial charge in [0.15, 0.2) is 0 Å². The highest BCUT2D eigenvalue weighted by Crippen LogP contribution is 2.24. The fourth-order valence-corrected chi connectivity index (χ4v) is 4.91. The third-order valence-electron chi connectivity index (χ3n) is 4.16. The lowest BCUT2D eigenvalue weighted by atomic mass is 10.3. The van der Waals surface area contributed by atoms with Gasteiger partial charge in [-0.05, 0) is 44.2 Å². The van der Waals surface area contributed by atoms with Gasteiger partial charge in [0, 0.05) is 13.1 Å². The molecule has 4 rings (SSSR count). The number of thiazole rings is 1. The first kappa shape index (κ1) is 16.6. The fourth-order valence-electron chi connectivity index (χ4n) is 2.95. The molecule has 9 heteroatoms. The van der Waals surface area contributed by atoms with Crippen molar-refractivity contribution in [3.05, 3.63) is 40.7 Å². The normalized spacial score (nSPS) is 15.2. The molecule has 0 saturated carbocycles. The molecule has 0 fully saturated rings. The van der Waals surface area contributed by atoms with Crippen molar-refractivity contribution in [3.8, 4) is 0 Å². The second-order valence-electron chi connectivity index (χ2n) is 6.07. The SMILES string of the molecule is Cc1nc2ccc(S(=O)(=O)NCc3cc4n(n3)CCCNC4)cc2s1. The van der Waals surface area contributed by atoms with Gasteiger partial charge >= 0.3 is 0 Å². The Kier molecular flexibility index (Phi) is 4.32. The summed E-state index contributed by atoms with van der Waals surface area (Å²) in [6, 6.07) is 6.97. The Labute approximate surface area is 150 Å². The van der Waals surface area contributed by atoms with Crippen LogP contribution in [0.15, 0.2) is 29.2 Å². The van der Waals surface area contributed by atoms with Gasteiger partial charge in [0.05, 0.1) is 38.1 Å². The minimum absolute atomic E-state index is 0.183. The molecule has 2 aromatic heterocycles. The Balaban J connectivity index is 1.52.